The molecule has 24 nitrogen and oxygen atoms in total. The molecule has 462 valence electrons. The number of thioether (sulfide) groups is 1. The lowest BCUT2D eigenvalue weighted by Gasteiger charge is -2.46. The van der Waals surface area contributed by atoms with Crippen molar-refractivity contribution in [2.24, 2.45) is 0 Å². The Morgan fingerprint density at radius 1 is 0.647 bits per heavy atom. The fourth-order valence-electron chi connectivity index (χ4n) is 9.94. The summed E-state index contributed by atoms with van der Waals surface area (Å²) < 4.78 is 46.8. The van der Waals surface area contributed by atoms with E-state index in [2.05, 4.69) is 21.3 Å². The van der Waals surface area contributed by atoms with Gasteiger partial charge in [-0.3, -0.25) is 43.2 Å². The van der Waals surface area contributed by atoms with Crippen molar-refractivity contribution in [3.63, 3.8) is 0 Å². The molecule has 3 aliphatic rings. The Bertz CT molecular complexity index is 2770. The zero-order valence-corrected chi connectivity index (χ0v) is 50.0. The number of amides is 6. The Kier molecular flexibility index (Phi) is 25.2. The maximum Gasteiger partial charge on any atom is 0.408 e. The van der Waals surface area contributed by atoms with Crippen molar-refractivity contribution >= 4 is 70.4 Å². The summed E-state index contributed by atoms with van der Waals surface area (Å²) in [6.07, 6.45) is -7.47. The highest BCUT2D eigenvalue weighted by atomic mass is 32.2. The molecule has 0 aliphatic carbocycles. The van der Waals surface area contributed by atoms with Gasteiger partial charge in [-0.15, -0.1) is 0 Å². The molecule has 0 saturated carbocycles. The van der Waals surface area contributed by atoms with E-state index in [1.807, 2.05) is 78.9 Å². The van der Waals surface area contributed by atoms with E-state index in [1.54, 1.807) is 32.9 Å². The zero-order chi connectivity index (χ0) is 61.8. The molecule has 85 heavy (non-hydrogen) atoms. The van der Waals surface area contributed by atoms with Gasteiger partial charge in [0.2, 0.25) is 34.7 Å². The van der Waals surface area contributed by atoms with Gasteiger partial charge in [-0.25, -0.2) is 4.79 Å². The van der Waals surface area contributed by atoms with E-state index < -0.39 is 139 Å². The Morgan fingerprint density at radius 3 is 1.67 bits per heavy atom. The van der Waals surface area contributed by atoms with Crippen LogP contribution in [0, 0.1) is 0 Å². The Balaban J connectivity index is 1.35. The van der Waals surface area contributed by atoms with Gasteiger partial charge in [-0.05, 0) is 70.1 Å². The number of likely N-dealkylation sites (tertiary alicyclic amines) is 2. The Morgan fingerprint density at radius 2 is 1.15 bits per heavy atom. The standard InChI is InChI=1S/C60H78N6O18S/c1-36(80-58-50(61-37(2)67)52(82-40(5)70)51(81-39(4)69)48(83-58)34-79-38(3)68)49(64-53(71)46-26-18-28-65(46)56(74)45(63-59(76)84-60(6,7)8)33-78-31-42-22-14-10-15-23-42)54(72)62-44(32-77-30-41-20-12-9-13-21-41)55(73)66-29-19-27-47(66)57(75)85-35-43-24-16-11-17-25-43/h9-17,20-25,36,44-52,58H,18-19,26-35H2,1-8H3,(H,61,67)(H,62,72)(H,63,76)(H,64,71)/t36-,44+,45+,46+,47+,48-,49+,50-,51-,52-,58-/m1/s1. The summed E-state index contributed by atoms with van der Waals surface area (Å²) in [7, 11) is 0. The number of nitrogens with one attached hydrogen (secondary N) is 4. The maximum atomic E-state index is 15.3. The number of hydrogen-bond donors (Lipinski definition) is 4. The van der Waals surface area contributed by atoms with Crippen LogP contribution < -0.4 is 21.3 Å². The van der Waals surface area contributed by atoms with Crippen LogP contribution in [-0.2, 0) is 100 Å². The predicted molar refractivity (Wildman–Crippen MR) is 306 cm³/mol. The van der Waals surface area contributed by atoms with E-state index in [4.69, 9.17) is 37.9 Å². The largest absolute Gasteiger partial charge is 0.463 e. The number of ether oxygens (including phenoxy) is 8. The fourth-order valence-corrected chi connectivity index (χ4v) is 10.9. The second kappa shape index (κ2) is 32.2. The summed E-state index contributed by atoms with van der Waals surface area (Å²) in [5.74, 6) is -6.08. The van der Waals surface area contributed by atoms with Crippen molar-refractivity contribution in [3.05, 3.63) is 108 Å². The third-order valence-electron chi connectivity index (χ3n) is 13.7. The highest BCUT2D eigenvalue weighted by molar-refractivity contribution is 8.13. The van der Waals surface area contributed by atoms with E-state index in [1.165, 1.54) is 16.7 Å². The van der Waals surface area contributed by atoms with Gasteiger partial charge in [0.15, 0.2) is 18.5 Å². The molecular formula is C60H78N6O18S. The van der Waals surface area contributed by atoms with Crippen molar-refractivity contribution in [1.29, 1.82) is 0 Å². The van der Waals surface area contributed by atoms with Crippen molar-refractivity contribution in [1.82, 2.24) is 31.1 Å². The number of rotatable bonds is 26. The minimum Gasteiger partial charge on any atom is -0.463 e. The van der Waals surface area contributed by atoms with Gasteiger partial charge in [0.05, 0.1) is 32.5 Å². The molecule has 3 aromatic rings. The molecule has 3 aliphatic heterocycles. The third-order valence-corrected chi connectivity index (χ3v) is 14.8. The summed E-state index contributed by atoms with van der Waals surface area (Å²) in [4.78, 5) is 140. The van der Waals surface area contributed by atoms with Gasteiger partial charge < -0.3 is 69.0 Å². The number of esters is 3. The SMILES string of the molecule is CC(=O)N[C@H]1[C@H](O[C@H](C)[C@H](NC(=O)[C@@H]2CCCN2C(=O)[C@H](COCc2ccccc2)NC(=O)OC(C)(C)C)C(=O)N[C@@H](COCc2ccccc2)C(=O)N2CCC[C@H]2C(=O)SCc2ccccc2)O[C@H](COC(C)=O)[C@@H](OC(C)=O)[C@@H]1OC(C)=O. The first kappa shape index (κ1) is 66.7. The minimum atomic E-state index is -1.82. The Labute approximate surface area is 498 Å². The van der Waals surface area contributed by atoms with Crippen LogP contribution in [0.2, 0.25) is 0 Å². The number of alkyl carbamates (subject to hydrolysis) is 1. The average Bonchev–Trinajstić information content (AvgIpc) is 2.67. The average molecular weight is 1200 g/mol. The number of nitrogens with zero attached hydrogens (tertiary/aromatic N) is 2. The molecular weight excluding hydrogens is 1120 g/mol. The second-order valence-electron chi connectivity index (χ2n) is 21.8. The fraction of sp³-hybridized carbons (Fsp3) is 0.533. The summed E-state index contributed by atoms with van der Waals surface area (Å²) in [6, 6.07) is 19.2. The number of carbonyl (C=O) groups is 10. The molecule has 25 heteroatoms. The molecule has 11 atom stereocenters. The molecule has 3 aromatic carbocycles. The molecule has 0 radical (unpaired) electrons. The highest BCUT2D eigenvalue weighted by Gasteiger charge is 2.53. The Hall–Kier alpha value is -7.45. The lowest BCUT2D eigenvalue weighted by atomic mass is 9.95. The molecule has 0 bridgehead atoms. The third kappa shape index (κ3) is 20.6. The monoisotopic (exact) mass is 1200 g/mol. The van der Waals surface area contributed by atoms with Crippen molar-refractivity contribution in [2.45, 2.75) is 173 Å². The van der Waals surface area contributed by atoms with Gasteiger partial charge >= 0.3 is 24.0 Å². The molecule has 6 amide bonds. The second-order valence-corrected chi connectivity index (χ2v) is 22.8. The topological polar surface area (TPSA) is 299 Å². The molecule has 0 unspecified atom stereocenters. The summed E-state index contributed by atoms with van der Waals surface area (Å²) in [6.45, 7) is 9.70. The van der Waals surface area contributed by atoms with Crippen LogP contribution in [0.5, 0.6) is 0 Å². The zero-order valence-electron chi connectivity index (χ0n) is 49.1. The van der Waals surface area contributed by atoms with Crippen LogP contribution in [0.25, 0.3) is 0 Å². The smallest absolute Gasteiger partial charge is 0.408 e. The predicted octanol–water partition coefficient (Wildman–Crippen LogP) is 3.79. The van der Waals surface area contributed by atoms with Gasteiger partial charge in [0.1, 0.15) is 54.6 Å². The number of hydrogen-bond acceptors (Lipinski definition) is 19. The van der Waals surface area contributed by atoms with Crippen LogP contribution in [0.15, 0.2) is 91.0 Å². The van der Waals surface area contributed by atoms with Crippen LogP contribution in [0.4, 0.5) is 4.79 Å². The molecule has 3 fully saturated rings. The van der Waals surface area contributed by atoms with Gasteiger partial charge in [0, 0.05) is 46.5 Å². The molecule has 0 spiro atoms. The number of benzene rings is 3. The first-order valence-corrected chi connectivity index (χ1v) is 29.2. The van der Waals surface area contributed by atoms with Crippen LogP contribution in [0.1, 0.15) is 97.8 Å². The van der Waals surface area contributed by atoms with Crippen LogP contribution >= 0.6 is 11.8 Å². The molecule has 3 saturated heterocycles. The number of carbonyl (C=O) groups excluding carboxylic acids is 10. The lowest BCUT2D eigenvalue weighted by molar-refractivity contribution is -0.287. The van der Waals surface area contributed by atoms with Gasteiger partial charge in [0.25, 0.3) is 0 Å². The van der Waals surface area contributed by atoms with Crippen LogP contribution in [-0.4, -0.2) is 174 Å². The van der Waals surface area contributed by atoms with E-state index in [0.29, 0.717) is 25.0 Å². The lowest BCUT2D eigenvalue weighted by Crippen LogP contribution is -2.68. The minimum absolute atomic E-state index is 0.0119. The van der Waals surface area contributed by atoms with Crippen molar-refractivity contribution in [3.8, 4) is 0 Å². The quantitative estimate of drug-likeness (QED) is 0.0657. The first-order chi connectivity index (χ1) is 40.5. The molecule has 4 N–H and O–H groups in total. The highest BCUT2D eigenvalue weighted by Crippen LogP contribution is 2.31. The molecule has 0 aromatic heterocycles. The maximum absolute atomic E-state index is 15.3. The molecule has 6 rings (SSSR count). The van der Waals surface area contributed by atoms with Crippen molar-refractivity contribution in [2.75, 3.05) is 32.9 Å². The van der Waals surface area contributed by atoms with Crippen molar-refractivity contribution < 1.29 is 85.8 Å². The van der Waals surface area contributed by atoms with Gasteiger partial charge in [-0.2, -0.15) is 0 Å². The molecule has 3 heterocycles. The van der Waals surface area contributed by atoms with E-state index in [0.717, 1.165) is 56.1 Å². The summed E-state index contributed by atoms with van der Waals surface area (Å²) in [5, 5.41) is 10.5. The van der Waals surface area contributed by atoms with Gasteiger partial charge in [-0.1, -0.05) is 103 Å². The summed E-state index contributed by atoms with van der Waals surface area (Å²) >= 11 is 1.07. The normalized spacial score (nSPS) is 21.7. The first-order valence-electron chi connectivity index (χ1n) is 28.2. The summed E-state index contributed by atoms with van der Waals surface area (Å²) in [5.41, 5.74) is 1.50. The van der Waals surface area contributed by atoms with Crippen LogP contribution in [0.3, 0.4) is 0 Å². The van der Waals surface area contributed by atoms with E-state index in [-0.39, 0.29) is 44.4 Å². The van der Waals surface area contributed by atoms with E-state index in [9.17, 15) is 38.4 Å². The van der Waals surface area contributed by atoms with E-state index >= 15 is 9.59 Å².